The van der Waals surface area contributed by atoms with Gasteiger partial charge in [0.15, 0.2) is 5.76 Å². The molecule has 0 spiro atoms. The van der Waals surface area contributed by atoms with Gasteiger partial charge in [0.05, 0.1) is 26.3 Å². The van der Waals surface area contributed by atoms with Crippen molar-refractivity contribution in [2.24, 2.45) is 5.10 Å². The van der Waals surface area contributed by atoms with Crippen molar-refractivity contribution in [2.45, 2.75) is 6.61 Å². The second kappa shape index (κ2) is 11.2. The van der Waals surface area contributed by atoms with Crippen LogP contribution >= 0.6 is 34.2 Å². The maximum atomic E-state index is 13.5. The molecule has 0 aliphatic carbocycles. The summed E-state index contributed by atoms with van der Waals surface area (Å²) in [6.45, 7) is 0.217. The Morgan fingerprint density at radius 3 is 2.73 bits per heavy atom. The van der Waals surface area contributed by atoms with Crippen LogP contribution < -0.4 is 10.3 Å². The number of hydrogen-bond donors (Lipinski definition) is 1. The quantitative estimate of drug-likeness (QED) is 0.141. The summed E-state index contributed by atoms with van der Waals surface area (Å²) in [6, 6.07) is 26.2. The van der Waals surface area contributed by atoms with Crippen molar-refractivity contribution < 1.29 is 19.1 Å². The fourth-order valence-electron chi connectivity index (χ4n) is 4.31. The third-order valence-electron chi connectivity index (χ3n) is 6.30. The van der Waals surface area contributed by atoms with Crippen LogP contribution in [0.1, 0.15) is 21.5 Å². The highest BCUT2D eigenvalue weighted by Gasteiger charge is 2.17. The van der Waals surface area contributed by atoms with Gasteiger partial charge in [-0.2, -0.15) is 9.78 Å². The average molecular weight is 676 g/mol. The van der Waals surface area contributed by atoms with Gasteiger partial charge in [-0.15, -0.1) is 0 Å². The van der Waals surface area contributed by atoms with E-state index in [1.165, 1.54) is 10.7 Å². The number of para-hydroxylation sites is 1. The maximum absolute atomic E-state index is 13.5. The fraction of sp³-hybridized carbons (Fsp3) is 0.0323. The van der Waals surface area contributed by atoms with Gasteiger partial charge in [0.25, 0.3) is 5.56 Å². The maximum Gasteiger partial charge on any atom is 0.335 e. The van der Waals surface area contributed by atoms with Crippen LogP contribution in [0.2, 0.25) is 5.02 Å². The minimum Gasteiger partial charge on any atom is -0.488 e. The normalized spacial score (nSPS) is 11.5. The summed E-state index contributed by atoms with van der Waals surface area (Å²) in [7, 11) is 0. The smallest absolute Gasteiger partial charge is 0.335 e. The largest absolute Gasteiger partial charge is 0.488 e. The lowest BCUT2D eigenvalue weighted by molar-refractivity contribution is 0.0696. The lowest BCUT2D eigenvalue weighted by atomic mass is 10.1. The molecule has 8 nitrogen and oxygen atoms in total. The lowest BCUT2D eigenvalue weighted by Crippen LogP contribution is -2.20. The van der Waals surface area contributed by atoms with E-state index in [0.29, 0.717) is 33.0 Å². The molecule has 2 heterocycles. The molecule has 10 heteroatoms. The summed E-state index contributed by atoms with van der Waals surface area (Å²) < 4.78 is 14.0. The van der Waals surface area contributed by atoms with Crippen LogP contribution in [-0.2, 0) is 6.61 Å². The first-order chi connectivity index (χ1) is 19.9. The van der Waals surface area contributed by atoms with E-state index in [9.17, 15) is 14.7 Å². The highest BCUT2D eigenvalue weighted by Crippen LogP contribution is 2.29. The predicted octanol–water partition coefficient (Wildman–Crippen LogP) is 7.23. The second-order valence-corrected chi connectivity index (χ2v) is 10.7. The lowest BCUT2D eigenvalue weighted by Gasteiger charge is -2.10. The third kappa shape index (κ3) is 5.59. The summed E-state index contributed by atoms with van der Waals surface area (Å²) in [5, 5.41) is 15.5. The Morgan fingerprint density at radius 1 is 1.05 bits per heavy atom. The average Bonchev–Trinajstić information content (AvgIpc) is 3.39. The number of hydrogen-bond acceptors (Lipinski definition) is 6. The number of fused-ring (bicyclic) bond motifs is 2. The molecule has 0 saturated heterocycles. The Hall–Kier alpha value is -4.48. The van der Waals surface area contributed by atoms with Crippen LogP contribution in [0.3, 0.4) is 0 Å². The number of carbonyl (C=O) groups is 1. The summed E-state index contributed by atoms with van der Waals surface area (Å²) in [5.41, 5.74) is 2.49. The molecule has 0 radical (unpaired) electrons. The van der Waals surface area contributed by atoms with E-state index in [1.807, 2.05) is 24.3 Å². The van der Waals surface area contributed by atoms with Crippen LogP contribution in [0, 0.1) is 3.57 Å². The number of aromatic nitrogens is 2. The molecule has 0 atom stereocenters. The monoisotopic (exact) mass is 675 g/mol. The first kappa shape index (κ1) is 26.7. The summed E-state index contributed by atoms with van der Waals surface area (Å²) in [4.78, 5) is 29.4. The van der Waals surface area contributed by atoms with E-state index in [4.69, 9.17) is 25.7 Å². The minimum absolute atomic E-state index is 0.205. The zero-order valence-corrected chi connectivity index (χ0v) is 24.0. The molecule has 4 aromatic carbocycles. The number of rotatable bonds is 7. The van der Waals surface area contributed by atoms with E-state index in [0.717, 1.165) is 20.1 Å². The molecule has 0 saturated carbocycles. The Kier molecular flexibility index (Phi) is 7.29. The topological polar surface area (TPSA) is 107 Å². The predicted molar refractivity (Wildman–Crippen MR) is 166 cm³/mol. The highest BCUT2D eigenvalue weighted by atomic mass is 127. The third-order valence-corrected chi connectivity index (χ3v) is 7.38. The molecular formula is C31H19ClIN3O5. The summed E-state index contributed by atoms with van der Waals surface area (Å²) in [6.07, 6.45) is 1.57. The van der Waals surface area contributed by atoms with E-state index in [2.05, 4.69) is 27.7 Å². The van der Waals surface area contributed by atoms with Gasteiger partial charge < -0.3 is 14.3 Å². The molecule has 2 aromatic heterocycles. The second-order valence-electron chi connectivity index (χ2n) is 9.09. The number of carboxylic acid groups (broad SMARTS) is 1. The number of nitrogens with zero attached hydrogens (tertiary/aromatic N) is 3. The number of benzene rings is 4. The molecule has 6 aromatic rings. The van der Waals surface area contributed by atoms with Crippen molar-refractivity contribution in [3.63, 3.8) is 0 Å². The number of aromatic carboxylic acids is 1. The highest BCUT2D eigenvalue weighted by molar-refractivity contribution is 14.1. The van der Waals surface area contributed by atoms with Crippen molar-refractivity contribution in [1.82, 2.24) is 9.66 Å². The van der Waals surface area contributed by atoms with Gasteiger partial charge in [-0.1, -0.05) is 35.9 Å². The van der Waals surface area contributed by atoms with Crippen molar-refractivity contribution in [1.29, 1.82) is 0 Å². The minimum atomic E-state index is -0.987. The van der Waals surface area contributed by atoms with E-state index >= 15 is 0 Å². The van der Waals surface area contributed by atoms with Crippen LogP contribution in [0.5, 0.6) is 5.75 Å². The molecular weight excluding hydrogens is 657 g/mol. The van der Waals surface area contributed by atoms with Crippen molar-refractivity contribution in [3.05, 3.63) is 127 Å². The molecule has 6 rings (SSSR count). The van der Waals surface area contributed by atoms with Gasteiger partial charge in [-0.05, 0) is 100 Å². The molecule has 0 fully saturated rings. The summed E-state index contributed by atoms with van der Waals surface area (Å²) >= 11 is 8.31. The fourth-order valence-corrected chi connectivity index (χ4v) is 5.18. The zero-order valence-electron chi connectivity index (χ0n) is 21.1. The molecule has 202 valence electrons. The van der Waals surface area contributed by atoms with Gasteiger partial charge in [0.2, 0.25) is 5.82 Å². The molecule has 1 N–H and O–H groups in total. The molecule has 0 amide bonds. The standard InChI is InChI=1S/C31H19ClIN3O5/c32-22-9-11-26-21(14-22)15-28(41-26)29-35-25-7-2-1-6-23(25)30(37)36(29)34-16-18-8-10-27(24(33)13-18)40-17-19-4-3-5-20(12-19)31(38)39/h1-16H,17H2,(H,38,39). The first-order valence-corrected chi connectivity index (χ1v) is 13.8. The molecule has 41 heavy (non-hydrogen) atoms. The van der Waals surface area contributed by atoms with Crippen LogP contribution in [0.25, 0.3) is 33.5 Å². The first-order valence-electron chi connectivity index (χ1n) is 12.4. The zero-order chi connectivity index (χ0) is 28.5. The number of carboxylic acids is 1. The van der Waals surface area contributed by atoms with Gasteiger partial charge in [-0.3, -0.25) is 4.79 Å². The number of halogens is 2. The Balaban J connectivity index is 1.32. The number of ether oxygens (including phenoxy) is 1. The van der Waals surface area contributed by atoms with Crippen molar-refractivity contribution in [2.75, 3.05) is 0 Å². The number of furan rings is 1. The molecule has 0 aliphatic heterocycles. The van der Waals surface area contributed by atoms with Crippen LogP contribution in [0.4, 0.5) is 0 Å². The van der Waals surface area contributed by atoms with E-state index in [1.54, 1.807) is 66.9 Å². The van der Waals surface area contributed by atoms with E-state index < -0.39 is 5.97 Å². The van der Waals surface area contributed by atoms with Crippen molar-refractivity contribution >= 4 is 68.2 Å². The van der Waals surface area contributed by atoms with Crippen LogP contribution in [-0.4, -0.2) is 27.0 Å². The van der Waals surface area contributed by atoms with Gasteiger partial charge in [0, 0.05) is 10.4 Å². The van der Waals surface area contributed by atoms with Crippen LogP contribution in [0.15, 0.2) is 105 Å². The Bertz CT molecular complexity index is 2050. The molecule has 0 unspecified atom stereocenters. The Labute approximate surface area is 251 Å². The summed E-state index contributed by atoms with van der Waals surface area (Å²) in [5.74, 6) is 0.288. The molecule has 0 bridgehead atoms. The van der Waals surface area contributed by atoms with E-state index in [-0.39, 0.29) is 23.6 Å². The van der Waals surface area contributed by atoms with Crippen molar-refractivity contribution in [3.8, 4) is 17.3 Å². The Morgan fingerprint density at radius 2 is 1.90 bits per heavy atom. The van der Waals surface area contributed by atoms with Gasteiger partial charge in [-0.25, -0.2) is 9.78 Å². The van der Waals surface area contributed by atoms with Gasteiger partial charge >= 0.3 is 5.97 Å². The SMILES string of the molecule is O=C(O)c1cccc(COc2ccc(C=Nn3c(-c4cc5cc(Cl)ccc5o4)nc4ccccc4c3=O)cc2I)c1. The van der Waals surface area contributed by atoms with Gasteiger partial charge in [0.1, 0.15) is 17.9 Å². The molecule has 0 aliphatic rings.